The molecule has 6 nitrogen and oxygen atoms in total. The van der Waals surface area contributed by atoms with E-state index >= 15 is 0 Å². The summed E-state index contributed by atoms with van der Waals surface area (Å²) in [4.78, 5) is 16.3. The highest BCUT2D eigenvalue weighted by atomic mass is 79.9. The predicted octanol–water partition coefficient (Wildman–Crippen LogP) is 3.67. The molecule has 0 atom stereocenters. The molecule has 0 radical (unpaired) electrons. The number of nitrogen functional groups attached to an aromatic ring is 1. The second kappa shape index (κ2) is 7.06. The number of thiazole rings is 1. The lowest BCUT2D eigenvalue weighted by molar-refractivity contribution is -0.118. The summed E-state index contributed by atoms with van der Waals surface area (Å²) >= 11 is 4.68. The number of anilines is 2. The lowest BCUT2D eigenvalue weighted by atomic mass is 10.2. The van der Waals surface area contributed by atoms with Gasteiger partial charge in [-0.15, -0.1) is 0 Å². The molecule has 0 saturated carbocycles. The summed E-state index contributed by atoms with van der Waals surface area (Å²) in [6.07, 6.45) is 0. The average molecular weight is 408 g/mol. The van der Waals surface area contributed by atoms with E-state index in [-0.39, 0.29) is 12.5 Å². The second-order valence-electron chi connectivity index (χ2n) is 4.87. The van der Waals surface area contributed by atoms with Gasteiger partial charge in [-0.25, -0.2) is 4.98 Å². The Labute approximate surface area is 150 Å². The highest BCUT2D eigenvalue weighted by Gasteiger charge is 2.12. The van der Waals surface area contributed by atoms with E-state index in [9.17, 15) is 4.79 Å². The first kappa shape index (κ1) is 16.5. The first-order valence-corrected chi connectivity index (χ1v) is 8.58. The molecule has 0 aliphatic rings. The molecule has 124 valence electrons. The molecule has 8 heteroatoms. The van der Waals surface area contributed by atoms with Gasteiger partial charge >= 0.3 is 0 Å². The minimum absolute atomic E-state index is 0.0905. The highest BCUT2D eigenvalue weighted by molar-refractivity contribution is 9.10. The van der Waals surface area contributed by atoms with E-state index in [1.54, 1.807) is 25.3 Å². The number of hydrogen-bond acceptors (Lipinski definition) is 6. The number of halogens is 1. The first-order chi connectivity index (χ1) is 11.5. The molecule has 0 fully saturated rings. The topological polar surface area (TPSA) is 86.5 Å². The van der Waals surface area contributed by atoms with Crippen molar-refractivity contribution in [3.8, 4) is 11.5 Å². The number of carbonyl (C=O) groups is 1. The molecule has 0 spiro atoms. The molecule has 24 heavy (non-hydrogen) atoms. The van der Waals surface area contributed by atoms with Crippen LogP contribution in [-0.2, 0) is 4.79 Å². The Bertz CT molecular complexity index is 880. The van der Waals surface area contributed by atoms with Gasteiger partial charge in [-0.05, 0) is 30.3 Å². The molecule has 0 aliphatic heterocycles. The fourth-order valence-electron chi connectivity index (χ4n) is 2.12. The van der Waals surface area contributed by atoms with Crippen LogP contribution in [0.15, 0.2) is 40.9 Å². The van der Waals surface area contributed by atoms with Gasteiger partial charge in [0.05, 0.1) is 11.8 Å². The molecule has 2 aromatic carbocycles. The number of aromatic nitrogens is 1. The van der Waals surface area contributed by atoms with Crippen LogP contribution in [0, 0.1) is 0 Å². The number of hydrogen-bond donors (Lipinski definition) is 2. The minimum Gasteiger partial charge on any atom is -0.494 e. The van der Waals surface area contributed by atoms with E-state index < -0.39 is 0 Å². The standard InChI is InChI=1S/C16H14BrN3O3S/c1-22-12-6-10(7-13-15(12)20-16(18)24-13)19-14(21)8-23-11-4-2-9(17)3-5-11/h2-7H,8H2,1H3,(H2,18,20)(H,19,21). The van der Waals surface area contributed by atoms with Crippen LogP contribution >= 0.6 is 27.3 Å². The zero-order valence-corrected chi connectivity index (χ0v) is 15.1. The summed E-state index contributed by atoms with van der Waals surface area (Å²) in [7, 11) is 1.55. The van der Waals surface area contributed by atoms with Gasteiger partial charge < -0.3 is 20.5 Å². The zero-order chi connectivity index (χ0) is 17.1. The normalized spacial score (nSPS) is 10.6. The van der Waals surface area contributed by atoms with Gasteiger partial charge in [0.1, 0.15) is 17.0 Å². The summed E-state index contributed by atoms with van der Waals surface area (Å²) in [5.74, 6) is 0.915. The molecule has 1 heterocycles. The fourth-order valence-corrected chi connectivity index (χ4v) is 3.18. The maximum absolute atomic E-state index is 12.1. The van der Waals surface area contributed by atoms with Crippen molar-refractivity contribution in [1.82, 2.24) is 4.98 Å². The van der Waals surface area contributed by atoms with Crippen LogP contribution < -0.4 is 20.5 Å². The summed E-state index contributed by atoms with van der Waals surface area (Å²) in [6.45, 7) is -0.0905. The third-order valence-corrected chi connectivity index (χ3v) is 4.52. The second-order valence-corrected chi connectivity index (χ2v) is 6.85. The maximum atomic E-state index is 12.1. The number of amides is 1. The van der Waals surface area contributed by atoms with Gasteiger partial charge in [-0.1, -0.05) is 27.3 Å². The van der Waals surface area contributed by atoms with Crippen LogP contribution in [0.4, 0.5) is 10.8 Å². The van der Waals surface area contributed by atoms with Crippen LogP contribution in [0.2, 0.25) is 0 Å². The van der Waals surface area contributed by atoms with Crippen molar-refractivity contribution in [2.24, 2.45) is 0 Å². The number of rotatable bonds is 5. The lowest BCUT2D eigenvalue weighted by Gasteiger charge is -2.09. The monoisotopic (exact) mass is 407 g/mol. The average Bonchev–Trinajstić information content (AvgIpc) is 2.93. The van der Waals surface area contributed by atoms with Crippen LogP contribution in [0.1, 0.15) is 0 Å². The fraction of sp³-hybridized carbons (Fsp3) is 0.125. The van der Waals surface area contributed by atoms with Crippen molar-refractivity contribution >= 4 is 54.2 Å². The molecule has 0 unspecified atom stereocenters. The predicted molar refractivity (Wildman–Crippen MR) is 98.9 cm³/mol. The molecule has 0 bridgehead atoms. The third-order valence-electron chi connectivity index (χ3n) is 3.16. The highest BCUT2D eigenvalue weighted by Crippen LogP contribution is 2.34. The Kier molecular flexibility index (Phi) is 4.86. The Morgan fingerprint density at radius 3 is 2.79 bits per heavy atom. The summed E-state index contributed by atoms with van der Waals surface area (Å²) in [5.41, 5.74) is 7.02. The van der Waals surface area contributed by atoms with Gasteiger partial charge in [-0.3, -0.25) is 4.79 Å². The van der Waals surface area contributed by atoms with Gasteiger partial charge in [0.2, 0.25) is 0 Å². The number of methoxy groups -OCH3 is 1. The van der Waals surface area contributed by atoms with Crippen LogP contribution in [0.5, 0.6) is 11.5 Å². The van der Waals surface area contributed by atoms with Gasteiger partial charge in [0.15, 0.2) is 11.7 Å². The van der Waals surface area contributed by atoms with E-state index in [2.05, 4.69) is 26.2 Å². The summed E-state index contributed by atoms with van der Waals surface area (Å²) in [6, 6.07) is 10.8. The quantitative estimate of drug-likeness (QED) is 0.673. The van der Waals surface area contributed by atoms with Crippen LogP contribution in [0.25, 0.3) is 10.2 Å². The maximum Gasteiger partial charge on any atom is 0.262 e. The Hall–Kier alpha value is -2.32. The van der Waals surface area contributed by atoms with Crippen molar-refractivity contribution in [2.45, 2.75) is 0 Å². The molecule has 1 amide bonds. The summed E-state index contributed by atoms with van der Waals surface area (Å²) < 4.78 is 12.5. The number of fused-ring (bicyclic) bond motifs is 1. The molecule has 0 aliphatic carbocycles. The number of ether oxygens (including phenoxy) is 2. The molecule has 1 aromatic heterocycles. The van der Waals surface area contributed by atoms with Crippen molar-refractivity contribution < 1.29 is 14.3 Å². The van der Waals surface area contributed by atoms with Crippen LogP contribution in [0.3, 0.4) is 0 Å². The van der Waals surface area contributed by atoms with Gasteiger partial charge in [-0.2, -0.15) is 0 Å². The molecular weight excluding hydrogens is 394 g/mol. The Morgan fingerprint density at radius 1 is 1.33 bits per heavy atom. The van der Waals surface area contributed by atoms with E-state index in [1.165, 1.54) is 11.3 Å². The first-order valence-electron chi connectivity index (χ1n) is 6.97. The molecule has 3 N–H and O–H groups in total. The number of carbonyl (C=O) groups excluding carboxylic acids is 1. The Balaban J connectivity index is 1.69. The van der Waals surface area contributed by atoms with E-state index in [0.717, 1.165) is 9.17 Å². The van der Waals surface area contributed by atoms with Gasteiger partial charge in [0.25, 0.3) is 5.91 Å². The van der Waals surface area contributed by atoms with E-state index in [1.807, 2.05) is 18.2 Å². The number of nitrogens with zero attached hydrogens (tertiary/aromatic N) is 1. The van der Waals surface area contributed by atoms with Crippen molar-refractivity contribution in [2.75, 3.05) is 24.8 Å². The molecule has 3 aromatic rings. The number of nitrogens with one attached hydrogen (secondary N) is 1. The smallest absolute Gasteiger partial charge is 0.262 e. The number of nitrogens with two attached hydrogens (primary N) is 1. The van der Waals surface area contributed by atoms with Crippen molar-refractivity contribution in [3.05, 3.63) is 40.9 Å². The molecule has 0 saturated heterocycles. The van der Waals surface area contributed by atoms with E-state index in [4.69, 9.17) is 15.2 Å². The zero-order valence-electron chi connectivity index (χ0n) is 12.7. The van der Waals surface area contributed by atoms with Crippen LogP contribution in [-0.4, -0.2) is 24.6 Å². The SMILES string of the molecule is COc1cc(NC(=O)COc2ccc(Br)cc2)cc2sc(N)nc12. The third kappa shape index (κ3) is 3.77. The van der Waals surface area contributed by atoms with Crippen molar-refractivity contribution in [3.63, 3.8) is 0 Å². The van der Waals surface area contributed by atoms with Gasteiger partial charge in [0, 0.05) is 16.2 Å². The molecule has 3 rings (SSSR count). The van der Waals surface area contributed by atoms with Crippen molar-refractivity contribution in [1.29, 1.82) is 0 Å². The largest absolute Gasteiger partial charge is 0.494 e. The number of benzene rings is 2. The lowest BCUT2D eigenvalue weighted by Crippen LogP contribution is -2.20. The van der Waals surface area contributed by atoms with E-state index in [0.29, 0.717) is 27.8 Å². The summed E-state index contributed by atoms with van der Waals surface area (Å²) in [5, 5.41) is 3.23. The molecular formula is C16H14BrN3O3S. The Morgan fingerprint density at radius 2 is 2.08 bits per heavy atom. The minimum atomic E-state index is -0.267.